The van der Waals surface area contributed by atoms with Gasteiger partial charge in [0.2, 0.25) is 0 Å². The Morgan fingerprint density at radius 2 is 1.90 bits per heavy atom. The molecule has 2 aromatic carbocycles. The Morgan fingerprint density at radius 3 is 2.67 bits per heavy atom. The number of hydrogen-bond acceptors (Lipinski definition) is 4. The van der Waals surface area contributed by atoms with Crippen LogP contribution in [0, 0.1) is 0 Å². The monoisotopic (exact) mass is 429 g/mol. The number of nitrogens with one attached hydrogen (secondary N) is 2. The van der Waals surface area contributed by atoms with Crippen LogP contribution in [0.4, 0.5) is 16.2 Å². The predicted molar refractivity (Wildman–Crippen MR) is 117 cm³/mol. The van der Waals surface area contributed by atoms with Crippen molar-refractivity contribution in [2.24, 2.45) is 0 Å². The maximum absolute atomic E-state index is 12.8. The Labute approximate surface area is 177 Å². The van der Waals surface area contributed by atoms with Crippen LogP contribution in [0.5, 0.6) is 5.75 Å². The lowest BCUT2D eigenvalue weighted by Gasteiger charge is -2.26. The second kappa shape index (κ2) is 8.55. The second-order valence-corrected chi connectivity index (χ2v) is 9.50. The third-order valence-corrected chi connectivity index (χ3v) is 7.14. The third kappa shape index (κ3) is 4.38. The summed E-state index contributed by atoms with van der Waals surface area (Å²) in [7, 11) is -2.21. The molecule has 0 atom stereocenters. The lowest BCUT2D eigenvalue weighted by molar-refractivity contribution is 0.238. The summed E-state index contributed by atoms with van der Waals surface area (Å²) in [6.07, 6.45) is 6.24. The van der Waals surface area contributed by atoms with Gasteiger partial charge in [0, 0.05) is 24.3 Å². The lowest BCUT2D eigenvalue weighted by Crippen LogP contribution is -2.45. The van der Waals surface area contributed by atoms with Crippen LogP contribution in [0.1, 0.15) is 37.7 Å². The topological polar surface area (TPSA) is 87.7 Å². The number of carbonyl (C=O) groups excluding carboxylic acids is 1. The van der Waals surface area contributed by atoms with Crippen molar-refractivity contribution in [3.05, 3.63) is 48.0 Å². The second-order valence-electron chi connectivity index (χ2n) is 7.81. The van der Waals surface area contributed by atoms with Crippen LogP contribution in [-0.2, 0) is 16.4 Å². The fourth-order valence-corrected chi connectivity index (χ4v) is 5.26. The van der Waals surface area contributed by atoms with Gasteiger partial charge in [-0.25, -0.2) is 13.2 Å². The van der Waals surface area contributed by atoms with Gasteiger partial charge in [0.05, 0.1) is 17.7 Å². The summed E-state index contributed by atoms with van der Waals surface area (Å²) < 4.78 is 33.4. The van der Waals surface area contributed by atoms with E-state index in [-0.39, 0.29) is 17.0 Å². The minimum Gasteiger partial charge on any atom is -0.497 e. The molecular weight excluding hydrogens is 402 g/mol. The number of rotatable bonds is 5. The van der Waals surface area contributed by atoms with Crippen molar-refractivity contribution in [1.82, 2.24) is 5.32 Å². The van der Waals surface area contributed by atoms with E-state index in [0.717, 1.165) is 36.9 Å². The van der Waals surface area contributed by atoms with Crippen molar-refractivity contribution in [3.63, 3.8) is 0 Å². The van der Waals surface area contributed by atoms with Crippen LogP contribution in [0.2, 0.25) is 0 Å². The Balaban J connectivity index is 1.49. The van der Waals surface area contributed by atoms with Crippen molar-refractivity contribution in [1.29, 1.82) is 0 Å². The fraction of sp³-hybridized carbons (Fsp3) is 0.409. The molecule has 7 nitrogen and oxygen atoms in total. The van der Waals surface area contributed by atoms with Gasteiger partial charge in [-0.2, -0.15) is 0 Å². The molecule has 0 bridgehead atoms. The molecule has 30 heavy (non-hydrogen) atoms. The summed E-state index contributed by atoms with van der Waals surface area (Å²) >= 11 is 0. The number of fused-ring (bicyclic) bond motifs is 1. The van der Waals surface area contributed by atoms with Gasteiger partial charge in [0.1, 0.15) is 5.75 Å². The smallest absolute Gasteiger partial charge is 0.322 e. The van der Waals surface area contributed by atoms with Gasteiger partial charge in [-0.15, -0.1) is 0 Å². The van der Waals surface area contributed by atoms with Crippen molar-refractivity contribution >= 4 is 27.4 Å². The molecule has 4 rings (SSSR count). The average Bonchev–Trinajstić information content (AvgIpc) is 3.18. The molecule has 2 aliphatic rings. The average molecular weight is 430 g/mol. The van der Waals surface area contributed by atoms with Gasteiger partial charge in [-0.3, -0.25) is 9.62 Å². The lowest BCUT2D eigenvalue weighted by atomic mass is 9.96. The molecule has 1 heterocycles. The van der Waals surface area contributed by atoms with E-state index < -0.39 is 10.0 Å². The molecule has 0 saturated heterocycles. The SMILES string of the molecule is COc1cccc(NS(=O)(=O)c2ccc3c(c2)CCN3C(=O)NC2CCCCC2)c1. The minimum atomic E-state index is -3.74. The van der Waals surface area contributed by atoms with Crippen LogP contribution in [-0.4, -0.2) is 34.1 Å². The number of benzene rings is 2. The fourth-order valence-electron chi connectivity index (χ4n) is 4.16. The van der Waals surface area contributed by atoms with E-state index in [0.29, 0.717) is 24.4 Å². The molecule has 2 amide bonds. The molecular formula is C22H27N3O4S. The van der Waals surface area contributed by atoms with Crippen molar-refractivity contribution in [2.75, 3.05) is 23.3 Å². The van der Waals surface area contributed by atoms with Crippen LogP contribution in [0.15, 0.2) is 47.4 Å². The van der Waals surface area contributed by atoms with Crippen LogP contribution < -0.4 is 19.7 Å². The summed E-state index contributed by atoms with van der Waals surface area (Å²) in [5.41, 5.74) is 2.08. The Morgan fingerprint density at radius 1 is 1.10 bits per heavy atom. The highest BCUT2D eigenvalue weighted by molar-refractivity contribution is 7.92. The summed E-state index contributed by atoms with van der Waals surface area (Å²) in [5, 5.41) is 3.13. The largest absolute Gasteiger partial charge is 0.497 e. The minimum absolute atomic E-state index is 0.0919. The molecule has 1 fully saturated rings. The molecule has 0 unspecified atom stereocenters. The third-order valence-electron chi connectivity index (χ3n) is 5.76. The maximum Gasteiger partial charge on any atom is 0.322 e. The first-order valence-corrected chi connectivity index (χ1v) is 11.8. The summed E-state index contributed by atoms with van der Waals surface area (Å²) in [4.78, 5) is 14.6. The van der Waals surface area contributed by atoms with E-state index in [1.165, 1.54) is 13.5 Å². The number of sulfonamides is 1. The first-order chi connectivity index (χ1) is 14.5. The zero-order valence-electron chi connectivity index (χ0n) is 17.1. The van der Waals surface area contributed by atoms with E-state index in [1.807, 2.05) is 0 Å². The molecule has 8 heteroatoms. The van der Waals surface area contributed by atoms with E-state index in [1.54, 1.807) is 47.4 Å². The van der Waals surface area contributed by atoms with E-state index >= 15 is 0 Å². The van der Waals surface area contributed by atoms with Crippen molar-refractivity contribution in [3.8, 4) is 5.75 Å². The van der Waals surface area contributed by atoms with E-state index in [2.05, 4.69) is 10.0 Å². The number of amides is 2. The zero-order chi connectivity index (χ0) is 21.1. The number of hydrogen-bond donors (Lipinski definition) is 2. The Hall–Kier alpha value is -2.74. The molecule has 0 spiro atoms. The van der Waals surface area contributed by atoms with Gasteiger partial charge in [0.15, 0.2) is 0 Å². The number of urea groups is 1. The molecule has 2 N–H and O–H groups in total. The van der Waals surface area contributed by atoms with Crippen LogP contribution in [0.3, 0.4) is 0 Å². The van der Waals surface area contributed by atoms with Gasteiger partial charge in [-0.1, -0.05) is 25.3 Å². The molecule has 1 aliphatic heterocycles. The highest BCUT2D eigenvalue weighted by atomic mass is 32.2. The molecule has 1 aliphatic carbocycles. The Kier molecular flexibility index (Phi) is 5.85. The number of ether oxygens (including phenoxy) is 1. The number of nitrogens with zero attached hydrogens (tertiary/aromatic N) is 1. The molecule has 1 saturated carbocycles. The molecule has 160 valence electrons. The van der Waals surface area contributed by atoms with E-state index in [9.17, 15) is 13.2 Å². The Bertz CT molecular complexity index is 1030. The van der Waals surface area contributed by atoms with Gasteiger partial charge >= 0.3 is 6.03 Å². The van der Waals surface area contributed by atoms with Crippen LogP contribution in [0.25, 0.3) is 0 Å². The highest BCUT2D eigenvalue weighted by Crippen LogP contribution is 2.31. The maximum atomic E-state index is 12.8. The summed E-state index contributed by atoms with van der Waals surface area (Å²) in [6, 6.07) is 11.9. The first kappa shape index (κ1) is 20.5. The quantitative estimate of drug-likeness (QED) is 0.755. The first-order valence-electron chi connectivity index (χ1n) is 10.3. The van der Waals surface area contributed by atoms with Gasteiger partial charge < -0.3 is 10.1 Å². The summed E-state index contributed by atoms with van der Waals surface area (Å²) in [5.74, 6) is 0.573. The predicted octanol–water partition coefficient (Wildman–Crippen LogP) is 3.90. The van der Waals surface area contributed by atoms with Crippen molar-refractivity contribution in [2.45, 2.75) is 49.5 Å². The molecule has 0 radical (unpaired) electrons. The normalized spacial score (nSPS) is 16.8. The molecule has 2 aromatic rings. The highest BCUT2D eigenvalue weighted by Gasteiger charge is 2.28. The number of methoxy groups -OCH3 is 1. The number of anilines is 2. The standard InChI is InChI=1S/C22H27N3O4S/c1-29-19-9-5-8-18(15-19)24-30(27,28)20-10-11-21-16(14-20)12-13-25(21)22(26)23-17-6-3-2-4-7-17/h5,8-11,14-15,17,24H,2-4,6-7,12-13H2,1H3,(H,23,26). The van der Waals surface area contributed by atoms with Gasteiger partial charge in [0.25, 0.3) is 10.0 Å². The van der Waals surface area contributed by atoms with Crippen molar-refractivity contribution < 1.29 is 17.9 Å². The van der Waals surface area contributed by atoms with Gasteiger partial charge in [-0.05, 0) is 55.2 Å². The zero-order valence-corrected chi connectivity index (χ0v) is 17.9. The van der Waals surface area contributed by atoms with Crippen LogP contribution >= 0.6 is 0 Å². The summed E-state index contributed by atoms with van der Waals surface area (Å²) in [6.45, 7) is 0.556. The molecule has 0 aromatic heterocycles. The number of carbonyl (C=O) groups is 1. The van der Waals surface area contributed by atoms with E-state index in [4.69, 9.17) is 4.74 Å².